The van der Waals surface area contributed by atoms with Crippen LogP contribution in [0.15, 0.2) is 23.1 Å². The van der Waals surface area contributed by atoms with Gasteiger partial charge in [0.05, 0.1) is 12.5 Å². The van der Waals surface area contributed by atoms with Gasteiger partial charge in [-0.15, -0.1) is 11.8 Å². The topological polar surface area (TPSA) is 31.2 Å². The Morgan fingerprint density at radius 3 is 2.21 bits per heavy atom. The van der Waals surface area contributed by atoms with Gasteiger partial charge in [-0.1, -0.05) is 60.6 Å². The van der Waals surface area contributed by atoms with Crippen molar-refractivity contribution in [2.45, 2.75) is 90.8 Å². The largest absolute Gasteiger partial charge is 0.469 e. The fourth-order valence-corrected chi connectivity index (χ4v) is 4.88. The van der Waals surface area contributed by atoms with Crippen LogP contribution in [-0.2, 0) is 22.5 Å². The normalized spacial score (nSPS) is 13.0. The summed E-state index contributed by atoms with van der Waals surface area (Å²) in [4.78, 5) is 13.8. The Balaban J connectivity index is 2.81. The van der Waals surface area contributed by atoms with Crippen molar-refractivity contribution in [1.82, 2.24) is 4.57 Å². The van der Waals surface area contributed by atoms with E-state index in [1.807, 2.05) is 25.6 Å². The molecule has 0 bridgehead atoms. The van der Waals surface area contributed by atoms with E-state index in [1.165, 1.54) is 34.2 Å². The number of nitrogens with zero attached hydrogens (tertiary/aromatic N) is 1. The first-order valence-corrected chi connectivity index (χ1v) is 11.5. The third kappa shape index (κ3) is 5.59. The molecule has 0 saturated carbocycles. The molecule has 1 aromatic carbocycles. The molecule has 0 fully saturated rings. The lowest BCUT2D eigenvalue weighted by Gasteiger charge is -2.25. The van der Waals surface area contributed by atoms with Crippen LogP contribution in [0.3, 0.4) is 0 Å². The van der Waals surface area contributed by atoms with Crippen molar-refractivity contribution in [3.63, 3.8) is 0 Å². The number of thioether (sulfide) groups is 1. The number of esters is 1. The summed E-state index contributed by atoms with van der Waals surface area (Å²) in [7, 11) is 1.48. The van der Waals surface area contributed by atoms with Crippen molar-refractivity contribution in [3.8, 4) is 0 Å². The Bertz CT molecular complexity index is 869. The van der Waals surface area contributed by atoms with Crippen LogP contribution in [0, 0.1) is 11.3 Å². The number of benzene rings is 1. The molecule has 0 aliphatic carbocycles. The minimum absolute atomic E-state index is 0.0812. The summed E-state index contributed by atoms with van der Waals surface area (Å²) in [5.41, 5.74) is 3.31. The number of hydrogen-bond donors (Lipinski definition) is 0. The van der Waals surface area contributed by atoms with E-state index < -0.39 is 5.41 Å². The molecule has 0 radical (unpaired) electrons. The molecule has 162 valence electrons. The van der Waals surface area contributed by atoms with Crippen LogP contribution < -0.4 is 0 Å². The number of aromatic nitrogens is 1. The molecule has 0 spiro atoms. The number of carbonyl (C=O) groups excluding carboxylic acids is 1. The zero-order chi connectivity index (χ0) is 22.1. The molecule has 1 aromatic heterocycles. The maximum atomic E-state index is 12.5. The van der Waals surface area contributed by atoms with Gasteiger partial charge in [-0.25, -0.2) is 0 Å². The first-order chi connectivity index (χ1) is 13.3. The van der Waals surface area contributed by atoms with Gasteiger partial charge >= 0.3 is 5.97 Å². The van der Waals surface area contributed by atoms with Gasteiger partial charge in [-0.2, -0.15) is 0 Å². The minimum atomic E-state index is -0.577. The summed E-state index contributed by atoms with van der Waals surface area (Å²) < 4.78 is 7.66. The first kappa shape index (κ1) is 23.9. The predicted octanol–water partition coefficient (Wildman–Crippen LogP) is 7.05. The van der Waals surface area contributed by atoms with Crippen molar-refractivity contribution in [2.75, 3.05) is 7.11 Å². The molecular formula is C25H39NO2S. The van der Waals surface area contributed by atoms with Gasteiger partial charge in [0.25, 0.3) is 0 Å². The van der Waals surface area contributed by atoms with Gasteiger partial charge in [0.2, 0.25) is 0 Å². The maximum Gasteiger partial charge on any atom is 0.311 e. The number of methoxy groups -OCH3 is 1. The maximum absolute atomic E-state index is 12.5. The van der Waals surface area contributed by atoms with Gasteiger partial charge in [-0.3, -0.25) is 4.79 Å². The summed E-state index contributed by atoms with van der Waals surface area (Å²) in [6.45, 7) is 20.7. The van der Waals surface area contributed by atoms with Crippen molar-refractivity contribution < 1.29 is 9.53 Å². The average molecular weight is 418 g/mol. The van der Waals surface area contributed by atoms with Crippen molar-refractivity contribution in [2.24, 2.45) is 11.3 Å². The third-order valence-electron chi connectivity index (χ3n) is 5.12. The number of fused-ring (bicyclic) bond motifs is 1. The molecule has 0 N–H and O–H groups in total. The van der Waals surface area contributed by atoms with E-state index in [-0.39, 0.29) is 10.7 Å². The van der Waals surface area contributed by atoms with Gasteiger partial charge < -0.3 is 9.30 Å². The van der Waals surface area contributed by atoms with Crippen LogP contribution in [0.1, 0.15) is 79.5 Å². The third-order valence-corrected chi connectivity index (χ3v) is 6.39. The average Bonchev–Trinajstić information content (AvgIpc) is 2.84. The molecule has 0 amide bonds. The van der Waals surface area contributed by atoms with Crippen LogP contribution >= 0.6 is 11.8 Å². The second-order valence-corrected chi connectivity index (χ2v) is 12.3. The number of ether oxygens (including phenoxy) is 1. The molecule has 0 saturated heterocycles. The highest BCUT2D eigenvalue weighted by Gasteiger charge is 2.33. The van der Waals surface area contributed by atoms with Crippen molar-refractivity contribution >= 4 is 28.6 Å². The standard InChI is InChI=1S/C25H39NO2S/c1-16(2)15-26-20-13-18(17(3)4)11-12-19(20)22(29-24(5,6)7)21(26)14-25(8,9)23(27)28-10/h11-13,16-17H,14-15H2,1-10H3. The summed E-state index contributed by atoms with van der Waals surface area (Å²) >= 11 is 1.91. The van der Waals surface area contributed by atoms with Gasteiger partial charge in [0.15, 0.2) is 0 Å². The Kier molecular flexibility index (Phi) is 7.20. The summed E-state index contributed by atoms with van der Waals surface area (Å²) in [5.74, 6) is 0.838. The fraction of sp³-hybridized carbons (Fsp3) is 0.640. The lowest BCUT2D eigenvalue weighted by Crippen LogP contribution is -2.29. The van der Waals surface area contributed by atoms with Crippen molar-refractivity contribution in [3.05, 3.63) is 29.5 Å². The molecule has 0 aliphatic rings. The highest BCUT2D eigenvalue weighted by molar-refractivity contribution is 8.00. The second-order valence-electron chi connectivity index (χ2n) is 10.5. The van der Waals surface area contributed by atoms with E-state index in [1.54, 1.807) is 0 Å². The summed E-state index contributed by atoms with van der Waals surface area (Å²) in [6.07, 6.45) is 0.663. The molecule has 0 unspecified atom stereocenters. The Hall–Kier alpha value is -1.42. The monoisotopic (exact) mass is 417 g/mol. The predicted molar refractivity (Wildman–Crippen MR) is 126 cm³/mol. The molecule has 2 rings (SSSR count). The SMILES string of the molecule is COC(=O)C(C)(C)Cc1c(SC(C)(C)C)c2ccc(C(C)C)cc2n1CC(C)C. The first-order valence-electron chi connectivity index (χ1n) is 10.7. The van der Waals surface area contributed by atoms with E-state index in [2.05, 4.69) is 71.2 Å². The molecule has 4 heteroatoms. The minimum Gasteiger partial charge on any atom is -0.469 e. The summed E-state index contributed by atoms with van der Waals surface area (Å²) in [5, 5.41) is 1.30. The van der Waals surface area contributed by atoms with Gasteiger partial charge in [-0.05, 0) is 37.3 Å². The number of hydrogen-bond acceptors (Lipinski definition) is 3. The van der Waals surface area contributed by atoms with Crippen molar-refractivity contribution in [1.29, 1.82) is 0 Å². The molecular weight excluding hydrogens is 378 g/mol. The van der Waals surface area contributed by atoms with E-state index in [4.69, 9.17) is 4.74 Å². The quantitative estimate of drug-likeness (QED) is 0.357. The van der Waals surface area contributed by atoms with E-state index in [9.17, 15) is 4.79 Å². The lowest BCUT2D eigenvalue weighted by molar-refractivity contribution is -0.150. The van der Waals surface area contributed by atoms with Crippen LogP contribution in [0.25, 0.3) is 10.9 Å². The van der Waals surface area contributed by atoms with Crippen LogP contribution in [-0.4, -0.2) is 22.4 Å². The zero-order valence-electron chi connectivity index (χ0n) is 20.0. The van der Waals surface area contributed by atoms with E-state index in [0.29, 0.717) is 18.3 Å². The Morgan fingerprint density at radius 1 is 1.10 bits per heavy atom. The second kappa shape index (κ2) is 8.75. The smallest absolute Gasteiger partial charge is 0.311 e. The fourth-order valence-electron chi connectivity index (χ4n) is 3.68. The highest BCUT2D eigenvalue weighted by Crippen LogP contribution is 2.44. The molecule has 2 aromatic rings. The number of carbonyl (C=O) groups is 1. The van der Waals surface area contributed by atoms with Crippen LogP contribution in [0.5, 0.6) is 0 Å². The zero-order valence-corrected chi connectivity index (χ0v) is 20.8. The molecule has 1 heterocycles. The number of rotatable bonds is 7. The Morgan fingerprint density at radius 2 is 1.72 bits per heavy atom. The molecule has 0 aliphatic heterocycles. The van der Waals surface area contributed by atoms with Gasteiger partial charge in [0, 0.05) is 39.2 Å². The van der Waals surface area contributed by atoms with E-state index >= 15 is 0 Å². The van der Waals surface area contributed by atoms with Crippen LogP contribution in [0.4, 0.5) is 0 Å². The molecule has 29 heavy (non-hydrogen) atoms. The van der Waals surface area contributed by atoms with Crippen LogP contribution in [0.2, 0.25) is 0 Å². The van der Waals surface area contributed by atoms with E-state index in [0.717, 1.165) is 6.54 Å². The molecule has 3 nitrogen and oxygen atoms in total. The lowest BCUT2D eigenvalue weighted by atomic mass is 9.87. The van der Waals surface area contributed by atoms with Gasteiger partial charge in [0.1, 0.15) is 0 Å². The highest BCUT2D eigenvalue weighted by atomic mass is 32.2. The molecule has 0 atom stereocenters. The Labute approximate surface area is 181 Å². The summed E-state index contributed by atoms with van der Waals surface area (Å²) in [6, 6.07) is 6.89.